The number of aliphatic carboxylic acids is 1. The lowest BCUT2D eigenvalue weighted by Crippen LogP contribution is -2.21. The SMILES string of the molecule is COc1ccc2nc(Nc3nc4c(C)cc(N)cc4c(=O)[nH]3)nc(C)c2c1.O=C(O)C(F)(F)F. The summed E-state index contributed by atoms with van der Waals surface area (Å²) < 4.78 is 37.0. The minimum absolute atomic E-state index is 0.271. The van der Waals surface area contributed by atoms with Crippen molar-refractivity contribution >= 4 is 45.4 Å². The van der Waals surface area contributed by atoms with Crippen LogP contribution in [-0.4, -0.2) is 44.3 Å². The van der Waals surface area contributed by atoms with E-state index in [2.05, 4.69) is 25.3 Å². The number of carbonyl (C=O) groups is 1. The number of nitrogens with two attached hydrogens (primary N) is 1. The summed E-state index contributed by atoms with van der Waals surface area (Å²) >= 11 is 0. The first kappa shape index (κ1) is 24.2. The Balaban J connectivity index is 0.000000406. The highest BCUT2D eigenvalue weighted by Gasteiger charge is 2.38. The molecule has 0 aliphatic heterocycles. The summed E-state index contributed by atoms with van der Waals surface area (Å²) in [6.07, 6.45) is -5.08. The van der Waals surface area contributed by atoms with Gasteiger partial charge in [-0.25, -0.2) is 19.7 Å². The molecule has 4 rings (SSSR count). The van der Waals surface area contributed by atoms with Crippen LogP contribution in [0.4, 0.5) is 30.8 Å². The first-order valence-electron chi connectivity index (χ1n) is 9.58. The van der Waals surface area contributed by atoms with Gasteiger partial charge < -0.3 is 15.6 Å². The Morgan fingerprint density at radius 2 is 1.79 bits per heavy atom. The smallest absolute Gasteiger partial charge is 0.490 e. The predicted molar refractivity (Wildman–Crippen MR) is 119 cm³/mol. The van der Waals surface area contributed by atoms with E-state index in [1.54, 1.807) is 19.2 Å². The van der Waals surface area contributed by atoms with Crippen LogP contribution in [0.2, 0.25) is 0 Å². The fraction of sp³-hybridized carbons (Fsp3) is 0.190. The van der Waals surface area contributed by atoms with Crippen LogP contribution < -0.4 is 21.3 Å². The van der Waals surface area contributed by atoms with Gasteiger partial charge in [-0.15, -0.1) is 0 Å². The van der Waals surface area contributed by atoms with E-state index in [1.165, 1.54) is 0 Å². The van der Waals surface area contributed by atoms with Crippen LogP contribution in [-0.2, 0) is 4.79 Å². The monoisotopic (exact) mass is 476 g/mol. The van der Waals surface area contributed by atoms with Crippen molar-refractivity contribution in [1.29, 1.82) is 0 Å². The number of alkyl halides is 3. The standard InChI is InChI=1S/C19H18N6O2.C2HF3O2/c1-9-6-11(20)7-14-16(9)23-19(24-17(14)26)25-18-21-10(2)13-8-12(27-3)4-5-15(13)22-18;3-2(4,5)1(6)7/h4-8H,20H2,1-3H3,(H2,21,22,23,24,25,26);(H,6,7). The zero-order valence-corrected chi connectivity index (χ0v) is 18.1. The van der Waals surface area contributed by atoms with Crippen molar-refractivity contribution in [2.45, 2.75) is 20.0 Å². The maximum absolute atomic E-state index is 12.4. The van der Waals surface area contributed by atoms with E-state index < -0.39 is 12.1 Å². The average molecular weight is 476 g/mol. The molecule has 0 saturated carbocycles. The topological polar surface area (TPSA) is 156 Å². The molecular weight excluding hydrogens is 457 g/mol. The number of carboxylic acid groups (broad SMARTS) is 1. The normalized spacial score (nSPS) is 11.1. The summed E-state index contributed by atoms with van der Waals surface area (Å²) in [5.74, 6) is -1.40. The van der Waals surface area contributed by atoms with E-state index in [9.17, 15) is 18.0 Å². The van der Waals surface area contributed by atoms with E-state index in [4.69, 9.17) is 20.4 Å². The van der Waals surface area contributed by atoms with Gasteiger partial charge >= 0.3 is 12.1 Å². The third-order valence-corrected chi connectivity index (χ3v) is 4.59. The highest BCUT2D eigenvalue weighted by atomic mass is 19.4. The lowest BCUT2D eigenvalue weighted by atomic mass is 10.1. The Kier molecular flexibility index (Phi) is 6.56. The molecule has 5 N–H and O–H groups in total. The van der Waals surface area contributed by atoms with E-state index in [-0.39, 0.29) is 11.5 Å². The maximum Gasteiger partial charge on any atom is 0.490 e. The number of nitrogens with one attached hydrogen (secondary N) is 2. The lowest BCUT2D eigenvalue weighted by molar-refractivity contribution is -0.192. The molecule has 2 heterocycles. The maximum atomic E-state index is 12.4. The number of anilines is 3. The fourth-order valence-corrected chi connectivity index (χ4v) is 3.05. The third-order valence-electron chi connectivity index (χ3n) is 4.59. The van der Waals surface area contributed by atoms with Gasteiger partial charge in [-0.05, 0) is 49.7 Å². The fourth-order valence-electron chi connectivity index (χ4n) is 3.05. The Morgan fingerprint density at radius 1 is 1.12 bits per heavy atom. The Hall–Kier alpha value is -4.42. The summed E-state index contributed by atoms with van der Waals surface area (Å²) in [7, 11) is 1.62. The number of benzene rings is 2. The Bertz CT molecular complexity index is 1450. The average Bonchev–Trinajstić information content (AvgIpc) is 2.74. The molecule has 4 aromatic rings. The first-order valence-corrected chi connectivity index (χ1v) is 9.58. The number of nitrogen functional groups attached to an aromatic ring is 1. The van der Waals surface area contributed by atoms with Crippen molar-refractivity contribution in [1.82, 2.24) is 19.9 Å². The largest absolute Gasteiger partial charge is 0.497 e. The molecule has 0 aliphatic carbocycles. The molecule has 0 unspecified atom stereocenters. The Labute approximate surface area is 189 Å². The molecule has 0 fully saturated rings. The summed E-state index contributed by atoms with van der Waals surface area (Å²) in [6, 6.07) is 8.98. The van der Waals surface area contributed by atoms with E-state index in [0.29, 0.717) is 22.5 Å². The van der Waals surface area contributed by atoms with E-state index in [1.807, 2.05) is 32.0 Å². The number of aryl methyl sites for hydroxylation is 2. The number of hydrogen-bond acceptors (Lipinski definition) is 8. The molecule has 0 bridgehead atoms. The molecule has 2 aromatic heterocycles. The first-order chi connectivity index (χ1) is 15.9. The van der Waals surface area contributed by atoms with Gasteiger partial charge in [-0.2, -0.15) is 13.2 Å². The summed E-state index contributed by atoms with van der Waals surface area (Å²) in [6.45, 7) is 3.75. The molecule has 0 atom stereocenters. The van der Waals surface area contributed by atoms with Gasteiger partial charge in [0.25, 0.3) is 5.56 Å². The second-order valence-corrected chi connectivity index (χ2v) is 7.09. The molecule has 34 heavy (non-hydrogen) atoms. The van der Waals surface area contributed by atoms with Gasteiger partial charge in [0, 0.05) is 11.1 Å². The van der Waals surface area contributed by atoms with Crippen molar-refractivity contribution in [3.8, 4) is 5.75 Å². The van der Waals surface area contributed by atoms with Crippen LogP contribution in [0.5, 0.6) is 5.75 Å². The number of H-pyrrole nitrogens is 1. The molecule has 2 aromatic carbocycles. The highest BCUT2D eigenvalue weighted by Crippen LogP contribution is 2.24. The van der Waals surface area contributed by atoms with Gasteiger partial charge in [0.1, 0.15) is 5.75 Å². The Morgan fingerprint density at radius 3 is 2.41 bits per heavy atom. The second kappa shape index (κ2) is 9.21. The molecule has 0 amide bonds. The number of halogens is 3. The molecule has 0 spiro atoms. The number of hydrogen-bond donors (Lipinski definition) is 4. The number of fused-ring (bicyclic) bond motifs is 2. The molecule has 0 radical (unpaired) electrons. The van der Waals surface area contributed by atoms with Crippen molar-refractivity contribution in [2.24, 2.45) is 0 Å². The minimum Gasteiger partial charge on any atom is -0.497 e. The summed E-state index contributed by atoms with van der Waals surface area (Å²) in [5.41, 5.74) is 9.02. The molecular formula is C21H19F3N6O4. The van der Waals surface area contributed by atoms with Crippen LogP contribution >= 0.6 is 0 Å². The van der Waals surface area contributed by atoms with Gasteiger partial charge in [-0.1, -0.05) is 0 Å². The van der Waals surface area contributed by atoms with Crippen molar-refractivity contribution in [3.05, 3.63) is 51.9 Å². The van der Waals surface area contributed by atoms with Crippen molar-refractivity contribution in [2.75, 3.05) is 18.2 Å². The lowest BCUT2D eigenvalue weighted by Gasteiger charge is -2.10. The van der Waals surface area contributed by atoms with Crippen LogP contribution in [0.1, 0.15) is 11.3 Å². The van der Waals surface area contributed by atoms with Crippen molar-refractivity contribution < 1.29 is 27.8 Å². The van der Waals surface area contributed by atoms with Gasteiger partial charge in [0.15, 0.2) is 0 Å². The molecule has 10 nitrogen and oxygen atoms in total. The zero-order chi connectivity index (χ0) is 25.2. The highest BCUT2D eigenvalue weighted by molar-refractivity contribution is 5.86. The molecule has 13 heteroatoms. The molecule has 0 aliphatic rings. The minimum atomic E-state index is -5.08. The number of ether oxygens (including phenoxy) is 1. The predicted octanol–water partition coefficient (Wildman–Crippen LogP) is 3.45. The summed E-state index contributed by atoms with van der Waals surface area (Å²) in [5, 5.41) is 11.5. The van der Waals surface area contributed by atoms with Crippen LogP contribution in [0.3, 0.4) is 0 Å². The van der Waals surface area contributed by atoms with Crippen LogP contribution in [0, 0.1) is 13.8 Å². The number of rotatable bonds is 3. The quantitative estimate of drug-likeness (QED) is 0.325. The van der Waals surface area contributed by atoms with Crippen LogP contribution in [0.15, 0.2) is 35.1 Å². The number of aromatic nitrogens is 4. The van der Waals surface area contributed by atoms with E-state index in [0.717, 1.165) is 27.9 Å². The number of nitrogens with zero attached hydrogens (tertiary/aromatic N) is 3. The van der Waals surface area contributed by atoms with Gasteiger partial charge in [-0.3, -0.25) is 15.1 Å². The van der Waals surface area contributed by atoms with Crippen LogP contribution in [0.25, 0.3) is 21.8 Å². The van der Waals surface area contributed by atoms with Gasteiger partial charge in [0.05, 0.1) is 29.2 Å². The third kappa shape index (κ3) is 5.31. The number of carboxylic acids is 1. The number of aromatic amines is 1. The second-order valence-electron chi connectivity index (χ2n) is 7.09. The number of methoxy groups -OCH3 is 1. The van der Waals surface area contributed by atoms with E-state index >= 15 is 0 Å². The summed E-state index contributed by atoms with van der Waals surface area (Å²) in [4.78, 5) is 37.4. The zero-order valence-electron chi connectivity index (χ0n) is 18.1. The van der Waals surface area contributed by atoms with Gasteiger partial charge in [0.2, 0.25) is 11.9 Å². The molecule has 178 valence electrons. The van der Waals surface area contributed by atoms with Crippen molar-refractivity contribution in [3.63, 3.8) is 0 Å². The molecule has 0 saturated heterocycles.